The van der Waals surface area contributed by atoms with Crippen molar-refractivity contribution in [3.8, 4) is 11.5 Å². The van der Waals surface area contributed by atoms with E-state index in [0.717, 1.165) is 43.0 Å². The molecule has 0 spiro atoms. The van der Waals surface area contributed by atoms with Crippen LogP contribution in [0.2, 0.25) is 0 Å². The molecule has 0 unspecified atom stereocenters. The quantitative estimate of drug-likeness (QED) is 0.934. The Hall–Kier alpha value is -1.95. The first-order valence-corrected chi connectivity index (χ1v) is 7.84. The molecule has 0 radical (unpaired) electrons. The molecule has 1 aliphatic heterocycles. The second-order valence-electron chi connectivity index (χ2n) is 6.26. The van der Waals surface area contributed by atoms with Crippen LogP contribution in [0.4, 0.5) is 5.82 Å². The van der Waals surface area contributed by atoms with Crippen LogP contribution >= 0.6 is 0 Å². The van der Waals surface area contributed by atoms with Crippen LogP contribution < -0.4 is 4.90 Å². The summed E-state index contributed by atoms with van der Waals surface area (Å²) in [5.74, 6) is 2.61. The van der Waals surface area contributed by atoms with Gasteiger partial charge in [-0.15, -0.1) is 0 Å². The summed E-state index contributed by atoms with van der Waals surface area (Å²) in [5, 5.41) is 13.7. The minimum atomic E-state index is -0.259. The van der Waals surface area contributed by atoms with Crippen LogP contribution in [0.15, 0.2) is 22.9 Å². The molecule has 0 bridgehead atoms. The lowest BCUT2D eigenvalue weighted by atomic mass is 10.1. The van der Waals surface area contributed by atoms with E-state index in [1.807, 2.05) is 12.1 Å². The highest BCUT2D eigenvalue weighted by molar-refractivity contribution is 5.54. The fraction of sp³-hybridized carbons (Fsp3) is 0.562. The molecule has 0 aromatic carbocycles. The molecular weight excluding hydrogens is 280 g/mol. The van der Waals surface area contributed by atoms with Crippen molar-refractivity contribution in [2.45, 2.75) is 39.2 Å². The van der Waals surface area contributed by atoms with E-state index in [1.165, 1.54) is 0 Å². The molecule has 0 saturated carbocycles. The van der Waals surface area contributed by atoms with Gasteiger partial charge in [0.25, 0.3) is 5.89 Å². The summed E-state index contributed by atoms with van der Waals surface area (Å²) in [5.41, 5.74) is 0.823. The van der Waals surface area contributed by atoms with Crippen LogP contribution in [-0.2, 0) is 6.42 Å². The van der Waals surface area contributed by atoms with Gasteiger partial charge in [0.15, 0.2) is 5.82 Å². The molecule has 1 atom stereocenters. The number of hydrogen-bond donors (Lipinski definition) is 1. The summed E-state index contributed by atoms with van der Waals surface area (Å²) in [4.78, 5) is 11.0. The van der Waals surface area contributed by atoms with E-state index >= 15 is 0 Å². The van der Waals surface area contributed by atoms with Crippen molar-refractivity contribution < 1.29 is 9.63 Å². The number of aliphatic hydroxyl groups is 1. The summed E-state index contributed by atoms with van der Waals surface area (Å²) < 4.78 is 5.30. The lowest BCUT2D eigenvalue weighted by Crippen LogP contribution is -2.38. The zero-order valence-corrected chi connectivity index (χ0v) is 13.1. The lowest BCUT2D eigenvalue weighted by Gasteiger charge is -2.30. The first-order chi connectivity index (χ1) is 10.6. The summed E-state index contributed by atoms with van der Waals surface area (Å²) in [6.07, 6.45) is 4.16. The molecule has 3 heterocycles. The van der Waals surface area contributed by atoms with E-state index in [-0.39, 0.29) is 6.10 Å². The van der Waals surface area contributed by atoms with Gasteiger partial charge in [-0.25, -0.2) is 4.98 Å². The van der Waals surface area contributed by atoms with Crippen molar-refractivity contribution in [3.05, 3.63) is 24.2 Å². The number of rotatable bonds is 4. The van der Waals surface area contributed by atoms with Crippen LogP contribution in [0.1, 0.15) is 32.5 Å². The van der Waals surface area contributed by atoms with Crippen LogP contribution in [0.25, 0.3) is 11.5 Å². The third-order valence-electron chi connectivity index (χ3n) is 3.77. The topological polar surface area (TPSA) is 75.3 Å². The van der Waals surface area contributed by atoms with Gasteiger partial charge in [0.2, 0.25) is 0 Å². The Kier molecular flexibility index (Phi) is 4.38. The van der Waals surface area contributed by atoms with Gasteiger partial charge in [0.05, 0.1) is 11.7 Å². The van der Waals surface area contributed by atoms with Crippen molar-refractivity contribution in [2.24, 2.45) is 5.92 Å². The van der Waals surface area contributed by atoms with Gasteiger partial charge in [-0.2, -0.15) is 4.98 Å². The predicted molar refractivity (Wildman–Crippen MR) is 83.5 cm³/mol. The zero-order chi connectivity index (χ0) is 15.5. The predicted octanol–water partition coefficient (Wildman–Crippen LogP) is 2.29. The first kappa shape index (κ1) is 15.0. The number of aromatic nitrogens is 3. The molecular formula is C16H22N4O2. The van der Waals surface area contributed by atoms with Gasteiger partial charge in [-0.05, 0) is 30.9 Å². The van der Waals surface area contributed by atoms with Crippen LogP contribution in [0.5, 0.6) is 0 Å². The number of hydrogen-bond acceptors (Lipinski definition) is 6. The SMILES string of the molecule is CC(C)Cc1noc(-c2ccc(N3CCC[C@H](O)C3)nc2)n1. The molecule has 6 nitrogen and oxygen atoms in total. The highest BCUT2D eigenvalue weighted by Gasteiger charge is 2.19. The summed E-state index contributed by atoms with van der Waals surface area (Å²) in [7, 11) is 0. The average molecular weight is 302 g/mol. The third kappa shape index (κ3) is 3.44. The van der Waals surface area contributed by atoms with Crippen LogP contribution in [0, 0.1) is 5.92 Å². The molecule has 6 heteroatoms. The normalized spacial score (nSPS) is 18.9. The van der Waals surface area contributed by atoms with E-state index in [1.54, 1.807) is 6.20 Å². The fourth-order valence-corrected chi connectivity index (χ4v) is 2.68. The first-order valence-electron chi connectivity index (χ1n) is 7.84. The highest BCUT2D eigenvalue weighted by Crippen LogP contribution is 2.22. The van der Waals surface area contributed by atoms with Gasteiger partial charge in [0.1, 0.15) is 5.82 Å². The van der Waals surface area contributed by atoms with Crippen LogP contribution in [-0.4, -0.2) is 39.4 Å². The molecule has 22 heavy (non-hydrogen) atoms. The van der Waals surface area contributed by atoms with E-state index < -0.39 is 0 Å². The minimum absolute atomic E-state index is 0.259. The van der Waals surface area contributed by atoms with E-state index in [4.69, 9.17) is 4.52 Å². The maximum atomic E-state index is 9.75. The smallest absolute Gasteiger partial charge is 0.259 e. The number of aliphatic hydroxyl groups excluding tert-OH is 1. The van der Waals surface area contributed by atoms with E-state index in [0.29, 0.717) is 18.4 Å². The summed E-state index contributed by atoms with van der Waals surface area (Å²) >= 11 is 0. The van der Waals surface area contributed by atoms with E-state index in [2.05, 4.69) is 33.9 Å². The second-order valence-corrected chi connectivity index (χ2v) is 6.26. The molecule has 1 fully saturated rings. The van der Waals surface area contributed by atoms with Gasteiger partial charge in [-0.3, -0.25) is 0 Å². The average Bonchev–Trinajstić information content (AvgIpc) is 2.95. The second kappa shape index (κ2) is 6.44. The number of piperidine rings is 1. The van der Waals surface area contributed by atoms with Gasteiger partial charge < -0.3 is 14.5 Å². The Labute approximate surface area is 130 Å². The Morgan fingerprint density at radius 3 is 2.95 bits per heavy atom. The Bertz CT molecular complexity index is 609. The zero-order valence-electron chi connectivity index (χ0n) is 13.1. The Morgan fingerprint density at radius 2 is 2.27 bits per heavy atom. The largest absolute Gasteiger partial charge is 0.391 e. The van der Waals surface area contributed by atoms with Crippen molar-refractivity contribution in [1.82, 2.24) is 15.1 Å². The standard InChI is InChI=1S/C16H22N4O2/c1-11(2)8-14-18-16(22-19-14)12-5-6-15(17-9-12)20-7-3-4-13(21)10-20/h5-6,9,11,13,21H,3-4,7-8,10H2,1-2H3/t13-/m0/s1. The molecule has 1 aliphatic rings. The molecule has 3 rings (SSSR count). The maximum Gasteiger partial charge on any atom is 0.259 e. The number of nitrogens with zero attached hydrogens (tertiary/aromatic N) is 4. The molecule has 0 aliphatic carbocycles. The van der Waals surface area contributed by atoms with Crippen molar-refractivity contribution in [3.63, 3.8) is 0 Å². The number of β-amino-alcohol motifs (C(OH)–C–C–N with tert-alkyl or cyclic N) is 1. The number of pyridine rings is 1. The van der Waals surface area contributed by atoms with Crippen molar-refractivity contribution in [2.75, 3.05) is 18.0 Å². The molecule has 0 amide bonds. The summed E-state index contributed by atoms with van der Waals surface area (Å²) in [6.45, 7) is 5.83. The van der Waals surface area contributed by atoms with Gasteiger partial charge in [0, 0.05) is 25.7 Å². The van der Waals surface area contributed by atoms with Gasteiger partial charge >= 0.3 is 0 Å². The highest BCUT2D eigenvalue weighted by atomic mass is 16.5. The Balaban J connectivity index is 1.72. The molecule has 118 valence electrons. The maximum absolute atomic E-state index is 9.75. The molecule has 2 aromatic rings. The third-order valence-corrected chi connectivity index (χ3v) is 3.77. The fourth-order valence-electron chi connectivity index (χ4n) is 2.68. The molecule has 1 N–H and O–H groups in total. The molecule has 1 saturated heterocycles. The Morgan fingerprint density at radius 1 is 1.41 bits per heavy atom. The van der Waals surface area contributed by atoms with Crippen molar-refractivity contribution in [1.29, 1.82) is 0 Å². The van der Waals surface area contributed by atoms with Gasteiger partial charge in [-0.1, -0.05) is 19.0 Å². The minimum Gasteiger partial charge on any atom is -0.391 e. The summed E-state index contributed by atoms with van der Waals surface area (Å²) in [6, 6.07) is 3.88. The van der Waals surface area contributed by atoms with Crippen molar-refractivity contribution >= 4 is 5.82 Å². The monoisotopic (exact) mass is 302 g/mol. The molecule has 2 aromatic heterocycles. The number of anilines is 1. The van der Waals surface area contributed by atoms with E-state index in [9.17, 15) is 5.11 Å². The van der Waals surface area contributed by atoms with Crippen LogP contribution in [0.3, 0.4) is 0 Å². The lowest BCUT2D eigenvalue weighted by molar-refractivity contribution is 0.154.